The molecule has 1 fully saturated rings. The zero-order valence-electron chi connectivity index (χ0n) is 29.0. The fourth-order valence-corrected chi connectivity index (χ4v) is 7.91. The van der Waals surface area contributed by atoms with Gasteiger partial charge in [-0.2, -0.15) is 15.1 Å². The van der Waals surface area contributed by atoms with Gasteiger partial charge in [0.25, 0.3) is 0 Å². The predicted molar refractivity (Wildman–Crippen MR) is 195 cm³/mol. The average molecular weight is 800 g/mol. The van der Waals surface area contributed by atoms with E-state index in [1.165, 1.54) is 24.9 Å². The van der Waals surface area contributed by atoms with Gasteiger partial charge < -0.3 is 34.7 Å². The number of benzene rings is 3. The van der Waals surface area contributed by atoms with Crippen molar-refractivity contribution in [3.05, 3.63) is 83.1 Å². The topological polar surface area (TPSA) is 202 Å². The Morgan fingerprint density at radius 3 is 2.54 bits per heavy atom. The molecule has 2 aromatic heterocycles. The van der Waals surface area contributed by atoms with Gasteiger partial charge in [-0.15, -0.1) is 0 Å². The Labute approximate surface area is 308 Å². The number of fused-ring (bicyclic) bond motifs is 2. The molecule has 7 atom stereocenters. The van der Waals surface area contributed by atoms with E-state index in [0.29, 0.717) is 5.39 Å². The first kappa shape index (κ1) is 37.6. The van der Waals surface area contributed by atoms with E-state index >= 15 is 0 Å². The van der Waals surface area contributed by atoms with Crippen LogP contribution in [0.1, 0.15) is 45.6 Å². The number of anilines is 1. The Morgan fingerprint density at radius 1 is 1.12 bits per heavy atom. The number of aliphatic hydroxyl groups is 2. The molecule has 52 heavy (non-hydrogen) atoms. The third kappa shape index (κ3) is 7.64. The van der Waals surface area contributed by atoms with Gasteiger partial charge in [0.2, 0.25) is 11.8 Å². The van der Waals surface area contributed by atoms with Gasteiger partial charge in [-0.3, -0.25) is 13.9 Å². The van der Waals surface area contributed by atoms with Crippen molar-refractivity contribution in [2.75, 3.05) is 19.5 Å². The SMILES string of the molecule is COc1nc(N)nc2c1ncn2C1O[C@H](COP(=O)(N[C@H](C(=O)O[C@@H](C)c2ccc(Br)cc2)C(C)C)Oc2cccc3ccccc23)[C@@H](O)[C@@]1(C)O. The predicted octanol–water partition coefficient (Wildman–Crippen LogP) is 5.46. The number of esters is 1. The van der Waals surface area contributed by atoms with Crippen LogP contribution in [0.5, 0.6) is 11.6 Å². The number of nitrogen functional groups attached to an aromatic ring is 1. The molecule has 1 aliphatic heterocycles. The molecule has 1 aliphatic rings. The molecule has 0 saturated carbocycles. The molecule has 3 heterocycles. The van der Waals surface area contributed by atoms with Crippen molar-refractivity contribution in [3.63, 3.8) is 0 Å². The minimum Gasteiger partial charge on any atom is -0.479 e. The number of hydrogen-bond donors (Lipinski definition) is 4. The maximum atomic E-state index is 14.8. The van der Waals surface area contributed by atoms with Crippen LogP contribution in [0.2, 0.25) is 0 Å². The highest BCUT2D eigenvalue weighted by atomic mass is 79.9. The fraction of sp³-hybridized carbons (Fsp3) is 0.371. The van der Waals surface area contributed by atoms with Gasteiger partial charge >= 0.3 is 13.7 Å². The molecule has 0 amide bonds. The number of ether oxygens (including phenoxy) is 3. The monoisotopic (exact) mass is 798 g/mol. The van der Waals surface area contributed by atoms with Gasteiger partial charge in [0.15, 0.2) is 17.4 Å². The van der Waals surface area contributed by atoms with Crippen LogP contribution >= 0.6 is 23.7 Å². The first-order valence-corrected chi connectivity index (χ1v) is 18.8. The van der Waals surface area contributed by atoms with Crippen LogP contribution in [0.3, 0.4) is 0 Å². The third-order valence-electron chi connectivity index (χ3n) is 8.83. The summed E-state index contributed by atoms with van der Waals surface area (Å²) in [6.07, 6.45) is -3.32. The summed E-state index contributed by atoms with van der Waals surface area (Å²) in [4.78, 5) is 26.2. The lowest BCUT2D eigenvalue weighted by molar-refractivity contribution is -0.152. The molecule has 276 valence electrons. The summed E-state index contributed by atoms with van der Waals surface area (Å²) in [5.41, 5.74) is 5.16. The summed E-state index contributed by atoms with van der Waals surface area (Å²) in [6, 6.07) is 18.8. The number of nitrogens with two attached hydrogens (primary N) is 1. The zero-order valence-corrected chi connectivity index (χ0v) is 31.5. The molecule has 0 bridgehead atoms. The van der Waals surface area contributed by atoms with Gasteiger partial charge in [-0.1, -0.05) is 78.3 Å². The van der Waals surface area contributed by atoms with Gasteiger partial charge in [0.1, 0.15) is 35.7 Å². The largest absolute Gasteiger partial charge is 0.479 e. The number of imidazole rings is 1. The zero-order chi connectivity index (χ0) is 37.4. The molecule has 17 heteroatoms. The molecule has 1 saturated heterocycles. The lowest BCUT2D eigenvalue weighted by atomic mass is 9.96. The molecule has 5 N–H and O–H groups in total. The second kappa shape index (κ2) is 15.1. The van der Waals surface area contributed by atoms with Crippen molar-refractivity contribution in [3.8, 4) is 11.6 Å². The lowest BCUT2D eigenvalue weighted by Crippen LogP contribution is -2.45. The average Bonchev–Trinajstić information content (AvgIpc) is 3.62. The van der Waals surface area contributed by atoms with E-state index in [4.69, 9.17) is 29.0 Å². The molecular weight excluding hydrogens is 759 g/mol. The van der Waals surface area contributed by atoms with E-state index in [1.54, 1.807) is 39.0 Å². The van der Waals surface area contributed by atoms with Crippen molar-refractivity contribution >= 4 is 57.5 Å². The van der Waals surface area contributed by atoms with E-state index in [-0.39, 0.29) is 28.7 Å². The van der Waals surface area contributed by atoms with Crippen LogP contribution in [-0.4, -0.2) is 73.3 Å². The Balaban J connectivity index is 1.28. The highest BCUT2D eigenvalue weighted by Gasteiger charge is 2.54. The smallest absolute Gasteiger partial charge is 0.459 e. The number of nitrogens with one attached hydrogen (secondary N) is 1. The summed E-state index contributed by atoms with van der Waals surface area (Å²) in [7, 11) is -3.09. The third-order valence-corrected chi connectivity index (χ3v) is 10.9. The number of aliphatic hydroxyl groups excluding tert-OH is 1. The Bertz CT molecular complexity index is 2110. The number of carbonyl (C=O) groups excluding carboxylic acids is 1. The fourth-order valence-electron chi connectivity index (χ4n) is 5.96. The second-order valence-electron chi connectivity index (χ2n) is 13.0. The van der Waals surface area contributed by atoms with E-state index in [9.17, 15) is 19.6 Å². The molecule has 0 aliphatic carbocycles. The summed E-state index contributed by atoms with van der Waals surface area (Å²) in [5.74, 6) is -0.883. The minimum absolute atomic E-state index is 0.105. The Kier molecular flexibility index (Phi) is 10.9. The van der Waals surface area contributed by atoms with Gasteiger partial charge in [-0.25, -0.2) is 9.55 Å². The number of halogens is 1. The Morgan fingerprint density at radius 2 is 1.83 bits per heavy atom. The van der Waals surface area contributed by atoms with E-state index < -0.39 is 62.4 Å². The summed E-state index contributed by atoms with van der Waals surface area (Å²) >= 11 is 3.41. The van der Waals surface area contributed by atoms with Gasteiger partial charge in [-0.05, 0) is 48.9 Å². The highest BCUT2D eigenvalue weighted by molar-refractivity contribution is 9.10. The van der Waals surface area contributed by atoms with E-state index in [0.717, 1.165) is 15.4 Å². The number of rotatable bonds is 13. The second-order valence-corrected chi connectivity index (χ2v) is 15.6. The molecule has 0 radical (unpaired) electrons. The van der Waals surface area contributed by atoms with Crippen LogP contribution in [0.4, 0.5) is 5.95 Å². The lowest BCUT2D eigenvalue weighted by Gasteiger charge is -2.29. The molecule has 15 nitrogen and oxygen atoms in total. The first-order chi connectivity index (χ1) is 24.7. The van der Waals surface area contributed by atoms with Gasteiger partial charge in [0, 0.05) is 9.86 Å². The van der Waals surface area contributed by atoms with Crippen molar-refractivity contribution in [2.24, 2.45) is 5.92 Å². The summed E-state index contributed by atoms with van der Waals surface area (Å²) in [5, 5.41) is 27.1. The summed E-state index contributed by atoms with van der Waals surface area (Å²) in [6.45, 7) is 6.10. The van der Waals surface area contributed by atoms with Crippen LogP contribution in [0.25, 0.3) is 21.9 Å². The van der Waals surface area contributed by atoms with Crippen molar-refractivity contribution in [1.29, 1.82) is 0 Å². The van der Waals surface area contributed by atoms with Gasteiger partial charge in [0.05, 0.1) is 20.0 Å². The van der Waals surface area contributed by atoms with Crippen molar-refractivity contribution in [1.82, 2.24) is 24.6 Å². The van der Waals surface area contributed by atoms with Crippen LogP contribution < -0.4 is 20.1 Å². The Hall–Kier alpha value is -4.15. The van der Waals surface area contributed by atoms with Crippen molar-refractivity contribution in [2.45, 2.75) is 63.9 Å². The molecule has 0 spiro atoms. The normalized spacial score (nSPS) is 22.7. The van der Waals surface area contributed by atoms with E-state index in [1.807, 2.05) is 48.5 Å². The maximum absolute atomic E-state index is 14.8. The number of methoxy groups -OCH3 is 1. The van der Waals surface area contributed by atoms with E-state index in [2.05, 4.69) is 36.0 Å². The number of aromatic nitrogens is 4. The highest BCUT2D eigenvalue weighted by Crippen LogP contribution is 2.49. The van der Waals surface area contributed by atoms with Crippen molar-refractivity contribution < 1.29 is 42.8 Å². The summed E-state index contributed by atoms with van der Waals surface area (Å²) < 4.78 is 46.5. The molecular formula is C35H40BrN6O9P. The van der Waals surface area contributed by atoms with Crippen LogP contribution in [-0.2, 0) is 23.4 Å². The van der Waals surface area contributed by atoms with Crippen LogP contribution in [0, 0.1) is 5.92 Å². The number of hydrogen-bond acceptors (Lipinski definition) is 13. The van der Waals surface area contributed by atoms with Crippen LogP contribution in [0.15, 0.2) is 77.5 Å². The molecule has 6 rings (SSSR count). The standard InChI is InChI=1S/C35H40BrN6O9P/c1-19(2)27(32(44)49-20(3)21-13-15-23(36)16-14-21)41-52(46,51-25-12-8-10-22-9-6-7-11-24(22)25)48-17-26-29(43)35(4,45)33(50-26)42-18-38-28-30(42)39-34(37)40-31(28)47-5/h6-16,18-20,26-27,29,33,43,45H,17H2,1-5H3,(H,41,46)(H2,37,39,40)/t20-,26+,27-,29+,33?,35+,52?/m0/s1. The molecule has 5 aromatic rings. The molecule has 3 aromatic carbocycles. The number of nitrogens with zero attached hydrogens (tertiary/aromatic N) is 4. The quantitative estimate of drug-likeness (QED) is 0.0863. The maximum Gasteiger partial charge on any atom is 0.459 e. The minimum atomic E-state index is -4.49. The molecule has 2 unspecified atom stereocenters. The number of carbonyl (C=O) groups is 1. The first-order valence-electron chi connectivity index (χ1n) is 16.5.